The van der Waals surface area contributed by atoms with Crippen molar-refractivity contribution < 1.29 is 4.39 Å². The predicted molar refractivity (Wildman–Crippen MR) is 71.8 cm³/mol. The summed E-state index contributed by atoms with van der Waals surface area (Å²) in [5.41, 5.74) is 1.10. The van der Waals surface area contributed by atoms with Gasteiger partial charge in [-0.25, -0.2) is 4.39 Å². The van der Waals surface area contributed by atoms with Gasteiger partial charge in [-0.05, 0) is 68.2 Å². The minimum atomic E-state index is -0.124. The molecule has 1 nitrogen and oxygen atoms in total. The van der Waals surface area contributed by atoms with Gasteiger partial charge in [0.15, 0.2) is 0 Å². The van der Waals surface area contributed by atoms with Crippen molar-refractivity contribution in [2.75, 3.05) is 7.05 Å². The first-order valence-electron chi connectivity index (χ1n) is 7.19. The Morgan fingerprint density at radius 2 is 2.22 bits per heavy atom. The van der Waals surface area contributed by atoms with Crippen LogP contribution in [0.1, 0.15) is 43.7 Å². The van der Waals surface area contributed by atoms with Gasteiger partial charge in [-0.15, -0.1) is 0 Å². The van der Waals surface area contributed by atoms with Crippen molar-refractivity contribution in [3.63, 3.8) is 0 Å². The zero-order valence-corrected chi connectivity index (χ0v) is 11.0. The fourth-order valence-corrected chi connectivity index (χ4v) is 4.11. The van der Waals surface area contributed by atoms with E-state index >= 15 is 0 Å². The van der Waals surface area contributed by atoms with Gasteiger partial charge in [0, 0.05) is 6.04 Å². The molecule has 18 heavy (non-hydrogen) atoms. The van der Waals surface area contributed by atoms with E-state index in [4.69, 9.17) is 0 Å². The number of halogens is 1. The lowest BCUT2D eigenvalue weighted by Gasteiger charge is -2.26. The number of benzene rings is 1. The van der Waals surface area contributed by atoms with Crippen LogP contribution in [0, 0.1) is 23.6 Å². The van der Waals surface area contributed by atoms with E-state index in [0.29, 0.717) is 6.04 Å². The molecule has 0 aromatic heterocycles. The molecule has 0 heterocycles. The molecule has 2 fully saturated rings. The number of hydrogen-bond donors (Lipinski definition) is 1. The summed E-state index contributed by atoms with van der Waals surface area (Å²) in [7, 11) is 1.99. The first-order chi connectivity index (χ1) is 8.76. The van der Waals surface area contributed by atoms with Crippen LogP contribution in [0.5, 0.6) is 0 Å². The Morgan fingerprint density at radius 3 is 2.83 bits per heavy atom. The second kappa shape index (κ2) is 5.00. The maximum absolute atomic E-state index is 13.3. The van der Waals surface area contributed by atoms with E-state index in [1.807, 2.05) is 19.2 Å². The van der Waals surface area contributed by atoms with Crippen LogP contribution in [-0.2, 0) is 0 Å². The Kier molecular flexibility index (Phi) is 3.38. The monoisotopic (exact) mass is 247 g/mol. The minimum Gasteiger partial charge on any atom is -0.313 e. The van der Waals surface area contributed by atoms with E-state index in [0.717, 1.165) is 23.3 Å². The molecule has 98 valence electrons. The molecule has 1 N–H and O–H groups in total. The lowest BCUT2D eigenvalue weighted by Crippen LogP contribution is -2.22. The highest BCUT2D eigenvalue weighted by atomic mass is 19.1. The summed E-state index contributed by atoms with van der Waals surface area (Å²) in [5, 5.41) is 3.37. The molecule has 0 radical (unpaired) electrons. The van der Waals surface area contributed by atoms with E-state index < -0.39 is 0 Å². The molecule has 0 saturated heterocycles. The van der Waals surface area contributed by atoms with Gasteiger partial charge in [0.05, 0.1) is 0 Å². The van der Waals surface area contributed by atoms with Crippen LogP contribution in [0.3, 0.4) is 0 Å². The first-order valence-corrected chi connectivity index (χ1v) is 7.19. The number of nitrogens with one attached hydrogen (secondary N) is 1. The molecule has 2 heteroatoms. The lowest BCUT2D eigenvalue weighted by molar-refractivity contribution is 0.284. The molecule has 2 saturated carbocycles. The number of hydrogen-bond acceptors (Lipinski definition) is 1. The first kappa shape index (κ1) is 12.2. The average Bonchev–Trinajstić information content (AvgIpc) is 2.98. The molecule has 0 amide bonds. The van der Waals surface area contributed by atoms with E-state index in [-0.39, 0.29) is 5.82 Å². The van der Waals surface area contributed by atoms with Crippen LogP contribution in [0.25, 0.3) is 0 Å². The van der Waals surface area contributed by atoms with Gasteiger partial charge in [-0.1, -0.05) is 18.6 Å². The molecule has 0 aliphatic heterocycles. The van der Waals surface area contributed by atoms with Crippen molar-refractivity contribution in [1.82, 2.24) is 5.32 Å². The maximum Gasteiger partial charge on any atom is 0.123 e. The quantitative estimate of drug-likeness (QED) is 0.850. The van der Waals surface area contributed by atoms with Crippen molar-refractivity contribution in [3.05, 3.63) is 35.6 Å². The molecular formula is C16H22FN. The van der Waals surface area contributed by atoms with Crippen molar-refractivity contribution in [2.24, 2.45) is 17.8 Å². The number of fused-ring (bicyclic) bond motifs is 2. The van der Waals surface area contributed by atoms with Crippen molar-refractivity contribution in [2.45, 2.75) is 38.1 Å². The topological polar surface area (TPSA) is 12.0 Å². The normalized spacial score (nSPS) is 31.8. The number of rotatable bonds is 4. The predicted octanol–water partition coefficient (Wildman–Crippen LogP) is 3.91. The molecule has 2 aliphatic rings. The van der Waals surface area contributed by atoms with Crippen LogP contribution < -0.4 is 5.32 Å². The van der Waals surface area contributed by atoms with Gasteiger partial charge < -0.3 is 5.32 Å². The molecule has 2 bridgehead atoms. The van der Waals surface area contributed by atoms with Crippen LogP contribution >= 0.6 is 0 Å². The van der Waals surface area contributed by atoms with Crippen LogP contribution in [-0.4, -0.2) is 7.05 Å². The largest absolute Gasteiger partial charge is 0.313 e. The van der Waals surface area contributed by atoms with Gasteiger partial charge in [-0.3, -0.25) is 0 Å². The molecule has 1 aromatic carbocycles. The second-order valence-corrected chi connectivity index (χ2v) is 6.07. The molecule has 3 rings (SSSR count). The molecule has 4 unspecified atom stereocenters. The Balaban J connectivity index is 1.69. The molecule has 0 spiro atoms. The summed E-state index contributed by atoms with van der Waals surface area (Å²) < 4.78 is 13.3. The summed E-state index contributed by atoms with van der Waals surface area (Å²) in [6, 6.07) is 7.36. The second-order valence-electron chi connectivity index (χ2n) is 6.07. The van der Waals surface area contributed by atoms with Gasteiger partial charge in [0.2, 0.25) is 0 Å². The van der Waals surface area contributed by atoms with E-state index in [1.165, 1.54) is 38.2 Å². The summed E-state index contributed by atoms with van der Waals surface area (Å²) >= 11 is 0. The standard InChI is InChI=1S/C16H22FN/c1-18-16(13-3-2-4-15(17)9-13)10-14-8-11-5-6-12(14)7-11/h2-4,9,11-12,14,16,18H,5-8,10H2,1H3. The summed E-state index contributed by atoms with van der Waals surface area (Å²) in [6.07, 6.45) is 6.89. The van der Waals surface area contributed by atoms with Gasteiger partial charge in [0.25, 0.3) is 0 Å². The van der Waals surface area contributed by atoms with Gasteiger partial charge in [-0.2, -0.15) is 0 Å². The van der Waals surface area contributed by atoms with Crippen LogP contribution in [0.4, 0.5) is 4.39 Å². The van der Waals surface area contributed by atoms with Crippen molar-refractivity contribution >= 4 is 0 Å². The SMILES string of the molecule is CNC(CC1CC2CCC1C2)c1cccc(F)c1. The van der Waals surface area contributed by atoms with E-state index in [9.17, 15) is 4.39 Å². The Bertz CT molecular complexity index is 417. The lowest BCUT2D eigenvalue weighted by atomic mass is 9.83. The third kappa shape index (κ3) is 2.31. The molecule has 4 atom stereocenters. The maximum atomic E-state index is 13.3. The third-order valence-corrected chi connectivity index (χ3v) is 5.02. The van der Waals surface area contributed by atoms with Crippen LogP contribution in [0.15, 0.2) is 24.3 Å². The zero-order valence-electron chi connectivity index (χ0n) is 11.0. The van der Waals surface area contributed by atoms with Gasteiger partial charge in [0.1, 0.15) is 5.82 Å². The Morgan fingerprint density at radius 1 is 1.33 bits per heavy atom. The fraction of sp³-hybridized carbons (Fsp3) is 0.625. The van der Waals surface area contributed by atoms with E-state index in [2.05, 4.69) is 5.32 Å². The smallest absolute Gasteiger partial charge is 0.123 e. The summed E-state index contributed by atoms with van der Waals surface area (Å²) in [4.78, 5) is 0. The molecule has 1 aromatic rings. The Labute approximate surface area is 109 Å². The van der Waals surface area contributed by atoms with Gasteiger partial charge >= 0.3 is 0 Å². The highest BCUT2D eigenvalue weighted by Crippen LogP contribution is 2.50. The highest BCUT2D eigenvalue weighted by Gasteiger charge is 2.40. The van der Waals surface area contributed by atoms with Crippen molar-refractivity contribution in [1.29, 1.82) is 0 Å². The molecular weight excluding hydrogens is 225 g/mol. The molecule has 2 aliphatic carbocycles. The summed E-state index contributed by atoms with van der Waals surface area (Å²) in [5.74, 6) is 2.66. The summed E-state index contributed by atoms with van der Waals surface area (Å²) in [6.45, 7) is 0. The van der Waals surface area contributed by atoms with E-state index in [1.54, 1.807) is 6.07 Å². The zero-order chi connectivity index (χ0) is 12.5. The fourth-order valence-electron chi connectivity index (χ4n) is 4.11. The highest BCUT2D eigenvalue weighted by molar-refractivity contribution is 5.20. The third-order valence-electron chi connectivity index (χ3n) is 5.02. The average molecular weight is 247 g/mol. The van der Waals surface area contributed by atoms with Crippen LogP contribution in [0.2, 0.25) is 0 Å². The minimum absolute atomic E-state index is 0.124. The Hall–Kier alpha value is -0.890. The van der Waals surface area contributed by atoms with Crippen molar-refractivity contribution in [3.8, 4) is 0 Å².